The van der Waals surface area contributed by atoms with Gasteiger partial charge in [0.25, 0.3) is 0 Å². The minimum Gasteiger partial charge on any atom is -0.396 e. The maximum absolute atomic E-state index is 9.21. The van der Waals surface area contributed by atoms with Crippen LogP contribution < -0.4 is 5.32 Å². The zero-order valence-corrected chi connectivity index (χ0v) is 9.55. The molecular formula is C11H23NO2. The molecule has 1 fully saturated rings. The highest BCUT2D eigenvalue weighted by Crippen LogP contribution is 2.25. The van der Waals surface area contributed by atoms with Gasteiger partial charge in [-0.1, -0.05) is 13.8 Å². The van der Waals surface area contributed by atoms with Crippen LogP contribution in [0.4, 0.5) is 0 Å². The molecule has 0 spiro atoms. The van der Waals surface area contributed by atoms with Crippen LogP contribution in [0, 0.1) is 11.3 Å². The molecule has 1 unspecified atom stereocenters. The van der Waals surface area contributed by atoms with E-state index in [1.54, 1.807) is 0 Å². The van der Waals surface area contributed by atoms with Gasteiger partial charge < -0.3 is 15.2 Å². The predicted molar refractivity (Wildman–Crippen MR) is 57.3 cm³/mol. The van der Waals surface area contributed by atoms with Gasteiger partial charge in [0, 0.05) is 12.6 Å². The standard InChI is InChI=1S/C11H23NO2/c1-9(2)4-10(3)12-5-11(6-13)7-14-8-11/h9-10,12-13H,4-8H2,1-3H3. The summed E-state index contributed by atoms with van der Waals surface area (Å²) in [6.45, 7) is 9.16. The number of ether oxygens (including phenoxy) is 1. The Morgan fingerprint density at radius 2 is 2.00 bits per heavy atom. The van der Waals surface area contributed by atoms with Crippen LogP contribution in [-0.2, 0) is 4.74 Å². The van der Waals surface area contributed by atoms with Crippen molar-refractivity contribution in [2.75, 3.05) is 26.4 Å². The molecule has 1 aliphatic heterocycles. The summed E-state index contributed by atoms with van der Waals surface area (Å²) in [6.07, 6.45) is 1.18. The number of hydrogen-bond acceptors (Lipinski definition) is 3. The first-order chi connectivity index (χ1) is 6.58. The zero-order valence-electron chi connectivity index (χ0n) is 9.55. The van der Waals surface area contributed by atoms with Crippen molar-refractivity contribution in [1.29, 1.82) is 0 Å². The Balaban J connectivity index is 2.18. The van der Waals surface area contributed by atoms with E-state index < -0.39 is 0 Å². The summed E-state index contributed by atoms with van der Waals surface area (Å²) in [5, 5.41) is 12.7. The topological polar surface area (TPSA) is 41.5 Å². The molecule has 2 N–H and O–H groups in total. The third-order valence-electron chi connectivity index (χ3n) is 2.80. The molecule has 1 atom stereocenters. The van der Waals surface area contributed by atoms with Crippen molar-refractivity contribution in [2.24, 2.45) is 11.3 Å². The third-order valence-corrected chi connectivity index (χ3v) is 2.80. The summed E-state index contributed by atoms with van der Waals surface area (Å²) in [5.41, 5.74) is 0.00520. The van der Waals surface area contributed by atoms with Crippen molar-refractivity contribution in [3.05, 3.63) is 0 Å². The highest BCUT2D eigenvalue weighted by Gasteiger charge is 2.37. The molecule has 0 radical (unpaired) electrons. The van der Waals surface area contributed by atoms with E-state index in [1.807, 2.05) is 0 Å². The van der Waals surface area contributed by atoms with Gasteiger partial charge in [-0.15, -0.1) is 0 Å². The highest BCUT2D eigenvalue weighted by atomic mass is 16.5. The monoisotopic (exact) mass is 201 g/mol. The fourth-order valence-electron chi connectivity index (χ4n) is 1.82. The van der Waals surface area contributed by atoms with Crippen molar-refractivity contribution in [3.8, 4) is 0 Å². The van der Waals surface area contributed by atoms with Crippen LogP contribution in [0.1, 0.15) is 27.2 Å². The molecule has 1 rings (SSSR count). The molecule has 1 aliphatic rings. The zero-order chi connectivity index (χ0) is 10.6. The van der Waals surface area contributed by atoms with E-state index in [9.17, 15) is 5.11 Å². The molecule has 14 heavy (non-hydrogen) atoms. The van der Waals surface area contributed by atoms with Gasteiger partial charge in [-0.05, 0) is 19.3 Å². The van der Waals surface area contributed by atoms with Crippen LogP contribution in [-0.4, -0.2) is 37.5 Å². The minimum atomic E-state index is 0.00520. The molecule has 0 amide bonds. The number of nitrogens with one attached hydrogen (secondary N) is 1. The van der Waals surface area contributed by atoms with E-state index in [0.717, 1.165) is 12.5 Å². The van der Waals surface area contributed by atoms with Gasteiger partial charge in [0.05, 0.1) is 25.2 Å². The van der Waals surface area contributed by atoms with Crippen LogP contribution in [0.15, 0.2) is 0 Å². The first-order valence-electron chi connectivity index (χ1n) is 5.50. The number of rotatable bonds is 6. The molecule has 3 nitrogen and oxygen atoms in total. The fraction of sp³-hybridized carbons (Fsp3) is 1.00. The second kappa shape index (κ2) is 5.10. The molecule has 0 aromatic heterocycles. The van der Waals surface area contributed by atoms with E-state index in [4.69, 9.17) is 4.74 Å². The van der Waals surface area contributed by atoms with Gasteiger partial charge in [-0.25, -0.2) is 0 Å². The predicted octanol–water partition coefficient (Wildman–Crippen LogP) is 1.02. The Kier molecular flexibility index (Phi) is 4.35. The van der Waals surface area contributed by atoms with Crippen molar-refractivity contribution >= 4 is 0 Å². The number of hydrogen-bond donors (Lipinski definition) is 2. The smallest absolute Gasteiger partial charge is 0.0579 e. The van der Waals surface area contributed by atoms with Gasteiger partial charge in [0.15, 0.2) is 0 Å². The van der Waals surface area contributed by atoms with E-state index in [2.05, 4.69) is 26.1 Å². The lowest BCUT2D eigenvalue weighted by atomic mass is 9.86. The first-order valence-corrected chi connectivity index (χ1v) is 5.50. The number of aliphatic hydroxyl groups excluding tert-OH is 1. The molecule has 0 aliphatic carbocycles. The quantitative estimate of drug-likeness (QED) is 0.674. The van der Waals surface area contributed by atoms with Crippen molar-refractivity contribution < 1.29 is 9.84 Å². The summed E-state index contributed by atoms with van der Waals surface area (Å²) in [7, 11) is 0. The lowest BCUT2D eigenvalue weighted by molar-refractivity contribution is -0.135. The Labute approximate surface area is 86.8 Å². The molecule has 0 aromatic rings. The average molecular weight is 201 g/mol. The van der Waals surface area contributed by atoms with E-state index in [1.165, 1.54) is 6.42 Å². The SMILES string of the molecule is CC(C)CC(C)NCC1(CO)COC1. The van der Waals surface area contributed by atoms with Gasteiger partial charge in [0.2, 0.25) is 0 Å². The van der Waals surface area contributed by atoms with E-state index in [-0.39, 0.29) is 12.0 Å². The van der Waals surface area contributed by atoms with Crippen molar-refractivity contribution in [3.63, 3.8) is 0 Å². The maximum Gasteiger partial charge on any atom is 0.0579 e. The largest absolute Gasteiger partial charge is 0.396 e. The fourth-order valence-corrected chi connectivity index (χ4v) is 1.82. The molecular weight excluding hydrogens is 178 g/mol. The average Bonchev–Trinajstić information content (AvgIpc) is 2.01. The van der Waals surface area contributed by atoms with Gasteiger partial charge >= 0.3 is 0 Å². The van der Waals surface area contributed by atoms with Gasteiger partial charge in [-0.3, -0.25) is 0 Å². The van der Waals surface area contributed by atoms with E-state index >= 15 is 0 Å². The van der Waals surface area contributed by atoms with Crippen LogP contribution >= 0.6 is 0 Å². The molecule has 84 valence electrons. The highest BCUT2D eigenvalue weighted by molar-refractivity contribution is 4.87. The lowest BCUT2D eigenvalue weighted by Gasteiger charge is -2.40. The maximum atomic E-state index is 9.21. The first kappa shape index (κ1) is 12.0. The molecule has 3 heteroatoms. The third kappa shape index (κ3) is 3.23. The second-order valence-electron chi connectivity index (χ2n) is 5.06. The van der Waals surface area contributed by atoms with Crippen molar-refractivity contribution in [1.82, 2.24) is 5.32 Å². The Hall–Kier alpha value is -0.120. The molecule has 0 saturated carbocycles. The van der Waals surface area contributed by atoms with Crippen molar-refractivity contribution in [2.45, 2.75) is 33.2 Å². The molecule has 0 bridgehead atoms. The van der Waals surface area contributed by atoms with Gasteiger partial charge in [0.1, 0.15) is 0 Å². The second-order valence-corrected chi connectivity index (χ2v) is 5.06. The van der Waals surface area contributed by atoms with Gasteiger partial charge in [-0.2, -0.15) is 0 Å². The molecule has 1 heterocycles. The summed E-state index contributed by atoms with van der Waals surface area (Å²) in [6, 6.07) is 0.527. The Bertz CT molecular complexity index is 161. The summed E-state index contributed by atoms with van der Waals surface area (Å²) in [5.74, 6) is 0.722. The Morgan fingerprint density at radius 3 is 2.36 bits per heavy atom. The van der Waals surface area contributed by atoms with E-state index in [0.29, 0.717) is 19.3 Å². The van der Waals surface area contributed by atoms with Crippen LogP contribution in [0.5, 0.6) is 0 Å². The summed E-state index contributed by atoms with van der Waals surface area (Å²) < 4.78 is 5.14. The summed E-state index contributed by atoms with van der Waals surface area (Å²) >= 11 is 0. The van der Waals surface area contributed by atoms with Crippen LogP contribution in [0.3, 0.4) is 0 Å². The normalized spacial score (nSPS) is 22.1. The Morgan fingerprint density at radius 1 is 1.36 bits per heavy atom. The molecule has 0 aromatic carbocycles. The summed E-state index contributed by atoms with van der Waals surface area (Å²) in [4.78, 5) is 0. The molecule has 1 saturated heterocycles. The van der Waals surface area contributed by atoms with Crippen LogP contribution in [0.25, 0.3) is 0 Å². The minimum absolute atomic E-state index is 0.00520. The number of aliphatic hydroxyl groups is 1. The lowest BCUT2D eigenvalue weighted by Crippen LogP contribution is -2.53. The van der Waals surface area contributed by atoms with Crippen LogP contribution in [0.2, 0.25) is 0 Å².